The summed E-state index contributed by atoms with van der Waals surface area (Å²) in [5.74, 6) is 1.30. The van der Waals surface area contributed by atoms with Crippen LogP contribution in [0.1, 0.15) is 12.8 Å². The molecule has 0 radical (unpaired) electrons. The van der Waals surface area contributed by atoms with E-state index in [2.05, 4.69) is 30.2 Å². The maximum absolute atomic E-state index is 6.31. The molecule has 0 saturated carbocycles. The van der Waals surface area contributed by atoms with Crippen molar-refractivity contribution in [1.82, 2.24) is 19.9 Å². The quantitative estimate of drug-likeness (QED) is 0.868. The molecule has 1 spiro atoms. The van der Waals surface area contributed by atoms with Gasteiger partial charge in [0.1, 0.15) is 11.1 Å². The zero-order valence-electron chi connectivity index (χ0n) is 14.4. The van der Waals surface area contributed by atoms with Gasteiger partial charge in [0, 0.05) is 26.6 Å². The van der Waals surface area contributed by atoms with Crippen molar-refractivity contribution in [3.63, 3.8) is 0 Å². The van der Waals surface area contributed by atoms with E-state index in [0.29, 0.717) is 17.9 Å². The topological polar surface area (TPSA) is 78.8 Å². The van der Waals surface area contributed by atoms with E-state index in [9.17, 15) is 0 Å². The Labute approximate surface area is 149 Å². The minimum absolute atomic E-state index is 0.132. The minimum atomic E-state index is -0.132. The molecule has 3 fully saturated rings. The van der Waals surface area contributed by atoms with Gasteiger partial charge in [0.05, 0.1) is 12.7 Å². The molecule has 0 aromatic carbocycles. The van der Waals surface area contributed by atoms with Crippen molar-refractivity contribution in [2.24, 2.45) is 10.9 Å². The van der Waals surface area contributed by atoms with Crippen molar-refractivity contribution >= 4 is 38.8 Å². The van der Waals surface area contributed by atoms with E-state index < -0.39 is 0 Å². The number of rotatable bonds is 2. The van der Waals surface area contributed by atoms with E-state index in [1.165, 1.54) is 37.3 Å². The van der Waals surface area contributed by atoms with E-state index in [1.807, 2.05) is 19.0 Å². The van der Waals surface area contributed by atoms with Crippen LogP contribution in [0, 0.1) is 5.92 Å². The van der Waals surface area contributed by atoms with Gasteiger partial charge in [-0.25, -0.2) is 15.0 Å². The zero-order valence-corrected chi connectivity index (χ0v) is 15.2. The van der Waals surface area contributed by atoms with Crippen LogP contribution < -0.4 is 10.2 Å². The van der Waals surface area contributed by atoms with Crippen molar-refractivity contribution in [3.8, 4) is 0 Å². The Morgan fingerprint density at radius 2 is 2.16 bits per heavy atom. The van der Waals surface area contributed by atoms with Crippen molar-refractivity contribution in [2.75, 3.05) is 50.5 Å². The molecular formula is C16H21N7OS. The lowest BCUT2D eigenvalue weighted by molar-refractivity contribution is -0.0829. The molecule has 4 aliphatic heterocycles. The SMILES string of the molecule is CN(C)c1ncc2nc(NC3=NCC4(CN5CCC4CC5)O3)sc2n1. The molecule has 3 saturated heterocycles. The Balaban J connectivity index is 1.33. The summed E-state index contributed by atoms with van der Waals surface area (Å²) < 4.78 is 6.31. The fourth-order valence-electron chi connectivity index (χ4n) is 4.03. The summed E-state index contributed by atoms with van der Waals surface area (Å²) in [5, 5.41) is 3.99. The average molecular weight is 359 g/mol. The van der Waals surface area contributed by atoms with Gasteiger partial charge in [-0.1, -0.05) is 11.3 Å². The number of ether oxygens (including phenoxy) is 1. The molecule has 2 aromatic rings. The number of nitrogens with zero attached hydrogens (tertiary/aromatic N) is 6. The largest absolute Gasteiger partial charge is 0.455 e. The van der Waals surface area contributed by atoms with Gasteiger partial charge in [-0.15, -0.1) is 0 Å². The lowest BCUT2D eigenvalue weighted by Crippen LogP contribution is -2.61. The van der Waals surface area contributed by atoms with Gasteiger partial charge in [-0.2, -0.15) is 4.98 Å². The third kappa shape index (κ3) is 2.53. The van der Waals surface area contributed by atoms with Crippen LogP contribution in [0.25, 0.3) is 10.3 Å². The number of hydrogen-bond acceptors (Lipinski definition) is 9. The van der Waals surface area contributed by atoms with Crippen molar-refractivity contribution < 1.29 is 4.74 Å². The average Bonchev–Trinajstić information content (AvgIpc) is 3.19. The minimum Gasteiger partial charge on any atom is -0.455 e. The summed E-state index contributed by atoms with van der Waals surface area (Å²) in [6, 6.07) is 0.591. The van der Waals surface area contributed by atoms with Gasteiger partial charge in [0.25, 0.3) is 6.02 Å². The second-order valence-corrected chi connectivity index (χ2v) is 8.21. The second-order valence-electron chi connectivity index (χ2n) is 7.24. The number of hydrogen-bond donors (Lipinski definition) is 1. The number of nitrogens with one attached hydrogen (secondary N) is 1. The highest BCUT2D eigenvalue weighted by Crippen LogP contribution is 2.41. The molecule has 1 unspecified atom stereocenters. The van der Waals surface area contributed by atoms with E-state index in [0.717, 1.165) is 28.6 Å². The van der Waals surface area contributed by atoms with Gasteiger partial charge in [0.2, 0.25) is 5.95 Å². The number of aromatic nitrogens is 3. The number of piperidine rings is 3. The molecule has 1 atom stereocenters. The van der Waals surface area contributed by atoms with Crippen molar-refractivity contribution in [3.05, 3.63) is 6.20 Å². The Kier molecular flexibility index (Phi) is 3.36. The molecule has 0 amide bonds. The molecule has 6 heterocycles. The fraction of sp³-hybridized carbons (Fsp3) is 0.625. The number of thiazole rings is 1. The van der Waals surface area contributed by atoms with Crippen LogP contribution in [0.3, 0.4) is 0 Å². The van der Waals surface area contributed by atoms with Gasteiger partial charge in [0.15, 0.2) is 9.96 Å². The first-order valence-corrected chi connectivity index (χ1v) is 9.47. The highest BCUT2D eigenvalue weighted by atomic mass is 32.1. The fourth-order valence-corrected chi connectivity index (χ4v) is 4.83. The summed E-state index contributed by atoms with van der Waals surface area (Å²) in [4.78, 5) is 23.2. The summed E-state index contributed by atoms with van der Waals surface area (Å²) in [5.41, 5.74) is 0.655. The van der Waals surface area contributed by atoms with Crippen LogP contribution in [-0.2, 0) is 4.74 Å². The highest BCUT2D eigenvalue weighted by molar-refractivity contribution is 7.21. The molecule has 8 nitrogen and oxygen atoms in total. The van der Waals surface area contributed by atoms with Crippen LogP contribution in [0.4, 0.5) is 11.1 Å². The highest BCUT2D eigenvalue weighted by Gasteiger charge is 2.51. The first-order chi connectivity index (χ1) is 12.1. The molecule has 2 aromatic heterocycles. The number of fused-ring (bicyclic) bond motifs is 3. The Hall–Kier alpha value is -2.00. The van der Waals surface area contributed by atoms with E-state index >= 15 is 0 Å². The summed E-state index contributed by atoms with van der Waals surface area (Å²) in [6.45, 7) is 4.13. The Morgan fingerprint density at radius 3 is 2.88 bits per heavy atom. The van der Waals surface area contributed by atoms with Gasteiger partial charge in [-0.3, -0.25) is 10.2 Å². The number of amidine groups is 1. The van der Waals surface area contributed by atoms with Crippen LogP contribution in [0.5, 0.6) is 0 Å². The van der Waals surface area contributed by atoms with Crippen LogP contribution in [0.2, 0.25) is 0 Å². The maximum atomic E-state index is 6.31. The normalized spacial score (nSPS) is 30.6. The lowest BCUT2D eigenvalue weighted by atomic mass is 9.75. The van der Waals surface area contributed by atoms with Gasteiger partial charge in [-0.05, 0) is 25.9 Å². The van der Waals surface area contributed by atoms with Crippen molar-refractivity contribution in [1.29, 1.82) is 0 Å². The zero-order chi connectivity index (χ0) is 17.0. The molecule has 1 N–H and O–H groups in total. The van der Waals surface area contributed by atoms with Crippen LogP contribution in [-0.4, -0.2) is 71.7 Å². The third-order valence-electron chi connectivity index (χ3n) is 5.37. The Morgan fingerprint density at radius 1 is 1.32 bits per heavy atom. The molecule has 4 aliphatic rings. The van der Waals surface area contributed by atoms with E-state index in [1.54, 1.807) is 6.20 Å². The van der Waals surface area contributed by atoms with Crippen LogP contribution in [0.15, 0.2) is 11.2 Å². The maximum Gasteiger partial charge on any atom is 0.291 e. The molecule has 25 heavy (non-hydrogen) atoms. The predicted octanol–water partition coefficient (Wildman–Crippen LogP) is 1.41. The molecule has 0 aliphatic carbocycles. The first-order valence-electron chi connectivity index (χ1n) is 8.65. The lowest BCUT2D eigenvalue weighted by Gasteiger charge is -2.50. The number of aliphatic imine (C=N–C) groups is 1. The Bertz CT molecular complexity index is 842. The van der Waals surface area contributed by atoms with Crippen LogP contribution >= 0.6 is 11.3 Å². The first kappa shape index (κ1) is 15.3. The van der Waals surface area contributed by atoms with Crippen molar-refractivity contribution in [2.45, 2.75) is 18.4 Å². The molecule has 9 heteroatoms. The van der Waals surface area contributed by atoms with E-state index in [4.69, 9.17) is 4.74 Å². The summed E-state index contributed by atoms with van der Waals surface area (Å²) in [6.07, 6.45) is 4.19. The summed E-state index contributed by atoms with van der Waals surface area (Å²) >= 11 is 1.49. The number of anilines is 2. The standard InChI is InChI=1S/C16H21N7OS/c1-22(2)13-17-7-11-12(20-13)25-15(19-11)21-14-18-8-16(24-14)9-23-5-3-10(16)4-6-23/h7,10H,3-6,8-9H2,1-2H3,(H,18,19,21). The van der Waals surface area contributed by atoms with Gasteiger partial charge >= 0.3 is 0 Å². The van der Waals surface area contributed by atoms with E-state index in [-0.39, 0.29) is 5.60 Å². The molecule has 2 bridgehead atoms. The summed E-state index contributed by atoms with van der Waals surface area (Å²) in [7, 11) is 3.85. The predicted molar refractivity (Wildman–Crippen MR) is 98.4 cm³/mol. The smallest absolute Gasteiger partial charge is 0.291 e. The van der Waals surface area contributed by atoms with Gasteiger partial charge < -0.3 is 9.64 Å². The molecular weight excluding hydrogens is 338 g/mol. The molecule has 6 rings (SSSR count). The third-order valence-corrected chi connectivity index (χ3v) is 6.25. The second kappa shape index (κ2) is 5.50. The molecule has 132 valence electrons. The monoisotopic (exact) mass is 359 g/mol.